The van der Waals surface area contributed by atoms with Crippen molar-refractivity contribution in [2.45, 2.75) is 59.3 Å². The minimum atomic E-state index is 0.709. The summed E-state index contributed by atoms with van der Waals surface area (Å²) in [5.74, 6) is 1.74. The Morgan fingerprint density at radius 2 is 2.27 bits per heavy atom. The van der Waals surface area contributed by atoms with Crippen LogP contribution in [0.1, 0.15) is 59.3 Å². The second kappa shape index (κ2) is 6.09. The summed E-state index contributed by atoms with van der Waals surface area (Å²) < 4.78 is 0. The second-order valence-electron chi connectivity index (χ2n) is 4.98. The maximum Gasteiger partial charge on any atom is 0.120 e. The van der Waals surface area contributed by atoms with E-state index < -0.39 is 0 Å². The van der Waals surface area contributed by atoms with Gasteiger partial charge in [0.2, 0.25) is 0 Å². The van der Waals surface area contributed by atoms with Crippen molar-refractivity contribution in [2.75, 3.05) is 0 Å². The van der Waals surface area contributed by atoms with Crippen molar-refractivity contribution in [2.24, 2.45) is 11.8 Å². The van der Waals surface area contributed by atoms with Gasteiger partial charge in [-0.1, -0.05) is 31.4 Å². The normalized spacial score (nSPS) is 24.1. The van der Waals surface area contributed by atoms with Crippen LogP contribution >= 0.6 is 0 Å². The van der Waals surface area contributed by atoms with Crippen LogP contribution in [0.2, 0.25) is 0 Å². The summed E-state index contributed by atoms with van der Waals surface area (Å²) in [6.45, 7) is 6.91. The maximum atomic E-state index is 10.4. The number of hydrogen-bond acceptors (Lipinski definition) is 1. The number of carbonyl (C=O) groups excluding carboxylic acids is 1. The number of allylic oxidation sites excluding steroid dienone is 2. The molecule has 2 atom stereocenters. The average molecular weight is 208 g/mol. The van der Waals surface area contributed by atoms with E-state index in [1.54, 1.807) is 11.1 Å². The molecule has 0 aromatic rings. The first-order valence-electron chi connectivity index (χ1n) is 6.30. The molecular weight excluding hydrogens is 184 g/mol. The van der Waals surface area contributed by atoms with Crippen molar-refractivity contribution < 1.29 is 4.79 Å². The van der Waals surface area contributed by atoms with Gasteiger partial charge in [0.1, 0.15) is 6.29 Å². The minimum absolute atomic E-state index is 0.709. The van der Waals surface area contributed by atoms with Crippen molar-refractivity contribution in [1.82, 2.24) is 0 Å². The van der Waals surface area contributed by atoms with Gasteiger partial charge in [0, 0.05) is 6.42 Å². The van der Waals surface area contributed by atoms with Crippen molar-refractivity contribution in [3.63, 3.8) is 0 Å². The smallest absolute Gasteiger partial charge is 0.120 e. The Labute approximate surface area is 93.9 Å². The zero-order chi connectivity index (χ0) is 11.3. The fourth-order valence-corrected chi connectivity index (χ4v) is 2.60. The highest BCUT2D eigenvalue weighted by Gasteiger charge is 2.21. The Kier molecular flexibility index (Phi) is 5.07. The third-order valence-electron chi connectivity index (χ3n) is 4.00. The number of aldehydes is 1. The predicted octanol–water partition coefficient (Wildman–Crippen LogP) is 4.13. The molecule has 0 N–H and O–H groups in total. The first kappa shape index (κ1) is 12.5. The molecule has 1 nitrogen and oxygen atoms in total. The van der Waals surface area contributed by atoms with E-state index in [-0.39, 0.29) is 0 Å². The van der Waals surface area contributed by atoms with Crippen LogP contribution in [0, 0.1) is 11.8 Å². The van der Waals surface area contributed by atoms with Crippen molar-refractivity contribution >= 4 is 6.29 Å². The van der Waals surface area contributed by atoms with E-state index in [2.05, 4.69) is 20.8 Å². The van der Waals surface area contributed by atoms with Gasteiger partial charge in [-0.15, -0.1) is 0 Å². The van der Waals surface area contributed by atoms with Crippen LogP contribution in [0.5, 0.6) is 0 Å². The molecule has 0 amide bonds. The van der Waals surface area contributed by atoms with Crippen molar-refractivity contribution in [1.29, 1.82) is 0 Å². The van der Waals surface area contributed by atoms with E-state index in [0.717, 1.165) is 24.5 Å². The number of carbonyl (C=O) groups is 1. The van der Waals surface area contributed by atoms with Crippen LogP contribution in [0.25, 0.3) is 0 Å². The average Bonchev–Trinajstić information content (AvgIpc) is 2.26. The Balaban J connectivity index is 2.53. The van der Waals surface area contributed by atoms with E-state index in [1.807, 2.05) is 0 Å². The summed E-state index contributed by atoms with van der Waals surface area (Å²) in [6.07, 6.45) is 7.88. The fourth-order valence-electron chi connectivity index (χ4n) is 2.60. The zero-order valence-electron chi connectivity index (χ0n) is 10.4. The Morgan fingerprint density at radius 1 is 1.53 bits per heavy atom. The summed E-state index contributed by atoms with van der Waals surface area (Å²) in [5, 5.41) is 0. The molecule has 0 fully saturated rings. The Morgan fingerprint density at radius 3 is 2.80 bits per heavy atom. The largest absolute Gasteiger partial charge is 0.303 e. The Hall–Kier alpha value is -0.590. The summed E-state index contributed by atoms with van der Waals surface area (Å²) in [6, 6.07) is 0. The molecule has 0 saturated heterocycles. The third-order valence-corrected chi connectivity index (χ3v) is 4.00. The molecule has 0 aliphatic heterocycles. The molecule has 0 bridgehead atoms. The lowest BCUT2D eigenvalue weighted by atomic mass is 9.76. The molecular formula is C14H24O. The summed E-state index contributed by atoms with van der Waals surface area (Å²) in [7, 11) is 0. The first-order chi connectivity index (χ1) is 7.19. The summed E-state index contributed by atoms with van der Waals surface area (Å²) >= 11 is 0. The second-order valence-corrected chi connectivity index (χ2v) is 4.98. The molecule has 15 heavy (non-hydrogen) atoms. The predicted molar refractivity (Wildman–Crippen MR) is 64.8 cm³/mol. The van der Waals surface area contributed by atoms with Crippen LogP contribution in [0.15, 0.2) is 11.1 Å². The van der Waals surface area contributed by atoms with Gasteiger partial charge in [-0.2, -0.15) is 0 Å². The van der Waals surface area contributed by atoms with Gasteiger partial charge in [-0.25, -0.2) is 0 Å². The molecule has 1 rings (SSSR count). The quantitative estimate of drug-likeness (QED) is 0.490. The SMILES string of the molecule is CCC(C)C1CCC(CCC=O)=C(C)C1. The van der Waals surface area contributed by atoms with E-state index >= 15 is 0 Å². The van der Waals surface area contributed by atoms with Gasteiger partial charge in [-0.3, -0.25) is 0 Å². The van der Waals surface area contributed by atoms with E-state index in [4.69, 9.17) is 0 Å². The minimum Gasteiger partial charge on any atom is -0.303 e. The van der Waals surface area contributed by atoms with Gasteiger partial charge in [0.05, 0.1) is 0 Å². The number of rotatable bonds is 5. The molecule has 1 aliphatic rings. The first-order valence-corrected chi connectivity index (χ1v) is 6.30. The van der Waals surface area contributed by atoms with E-state index in [1.165, 1.54) is 25.7 Å². The lowest BCUT2D eigenvalue weighted by molar-refractivity contribution is -0.107. The number of hydrogen-bond donors (Lipinski definition) is 0. The fraction of sp³-hybridized carbons (Fsp3) is 0.786. The monoisotopic (exact) mass is 208 g/mol. The highest BCUT2D eigenvalue weighted by Crippen LogP contribution is 2.36. The van der Waals surface area contributed by atoms with E-state index in [0.29, 0.717) is 6.42 Å². The molecule has 0 aromatic carbocycles. The zero-order valence-corrected chi connectivity index (χ0v) is 10.4. The molecule has 0 radical (unpaired) electrons. The van der Waals surface area contributed by atoms with Crippen molar-refractivity contribution in [3.8, 4) is 0 Å². The van der Waals surface area contributed by atoms with Gasteiger partial charge < -0.3 is 4.79 Å². The van der Waals surface area contributed by atoms with Crippen LogP contribution in [-0.4, -0.2) is 6.29 Å². The van der Waals surface area contributed by atoms with Gasteiger partial charge in [0.25, 0.3) is 0 Å². The van der Waals surface area contributed by atoms with Gasteiger partial charge >= 0.3 is 0 Å². The molecule has 1 aliphatic carbocycles. The van der Waals surface area contributed by atoms with Gasteiger partial charge in [0.15, 0.2) is 0 Å². The maximum absolute atomic E-state index is 10.4. The highest BCUT2D eigenvalue weighted by atomic mass is 16.1. The van der Waals surface area contributed by atoms with Crippen LogP contribution in [0.3, 0.4) is 0 Å². The molecule has 2 unspecified atom stereocenters. The molecule has 0 heterocycles. The van der Waals surface area contributed by atoms with E-state index in [9.17, 15) is 4.79 Å². The van der Waals surface area contributed by atoms with Crippen LogP contribution in [0.4, 0.5) is 0 Å². The van der Waals surface area contributed by atoms with Gasteiger partial charge in [-0.05, 0) is 44.4 Å². The standard InChI is InChI=1S/C14H24O/c1-4-11(2)14-8-7-13(6-5-9-15)12(3)10-14/h9,11,14H,4-8,10H2,1-3H3. The molecule has 1 heteroatoms. The molecule has 0 aromatic heterocycles. The van der Waals surface area contributed by atoms with Crippen LogP contribution < -0.4 is 0 Å². The third kappa shape index (κ3) is 3.48. The lowest BCUT2D eigenvalue weighted by Crippen LogP contribution is -2.16. The summed E-state index contributed by atoms with van der Waals surface area (Å²) in [4.78, 5) is 10.4. The molecule has 0 saturated carbocycles. The Bertz CT molecular complexity index is 240. The lowest BCUT2D eigenvalue weighted by Gasteiger charge is -2.29. The summed E-state index contributed by atoms with van der Waals surface area (Å²) in [5.41, 5.74) is 3.12. The van der Waals surface area contributed by atoms with Crippen molar-refractivity contribution in [3.05, 3.63) is 11.1 Å². The topological polar surface area (TPSA) is 17.1 Å². The molecule has 0 spiro atoms. The molecule has 86 valence electrons. The van der Waals surface area contributed by atoms with Crippen LogP contribution in [-0.2, 0) is 4.79 Å². The highest BCUT2D eigenvalue weighted by molar-refractivity contribution is 5.50.